The smallest absolute Gasteiger partial charge is 0.303 e. The standard InChI is InChI=1S/C13H12N2O2S2/c16-12(17)3-1-2-10-8-19-13-14-11(6-15(10)13)9-4-5-18-7-9/h4-8H,1-3H2,(H,16,17). The number of aliphatic carboxylic acids is 1. The van der Waals surface area contributed by atoms with Gasteiger partial charge in [-0.25, -0.2) is 4.98 Å². The van der Waals surface area contributed by atoms with Crippen molar-refractivity contribution in [3.63, 3.8) is 0 Å². The predicted octanol–water partition coefficient (Wildman–Crippen LogP) is 3.53. The second-order valence-corrected chi connectivity index (χ2v) is 5.88. The minimum absolute atomic E-state index is 0.212. The van der Waals surface area contributed by atoms with Crippen LogP contribution in [-0.4, -0.2) is 20.5 Å². The predicted molar refractivity (Wildman–Crippen MR) is 77.0 cm³/mol. The lowest BCUT2D eigenvalue weighted by Crippen LogP contribution is -1.97. The zero-order valence-electron chi connectivity index (χ0n) is 10.1. The molecule has 0 saturated heterocycles. The molecule has 3 aromatic heterocycles. The van der Waals surface area contributed by atoms with Crippen LogP contribution in [0, 0.1) is 0 Å². The van der Waals surface area contributed by atoms with Gasteiger partial charge in [-0.3, -0.25) is 9.20 Å². The van der Waals surface area contributed by atoms with Crippen molar-refractivity contribution in [1.29, 1.82) is 0 Å². The number of thiophene rings is 1. The molecule has 0 fully saturated rings. The Kier molecular flexibility index (Phi) is 3.35. The molecule has 0 saturated carbocycles. The molecule has 3 aromatic rings. The molecule has 98 valence electrons. The highest BCUT2D eigenvalue weighted by Crippen LogP contribution is 2.25. The quantitative estimate of drug-likeness (QED) is 0.782. The third-order valence-electron chi connectivity index (χ3n) is 2.92. The van der Waals surface area contributed by atoms with Crippen molar-refractivity contribution in [3.8, 4) is 11.3 Å². The molecule has 6 heteroatoms. The van der Waals surface area contributed by atoms with Crippen LogP contribution in [0.2, 0.25) is 0 Å². The highest BCUT2D eigenvalue weighted by molar-refractivity contribution is 7.15. The highest BCUT2D eigenvalue weighted by Gasteiger charge is 2.10. The summed E-state index contributed by atoms with van der Waals surface area (Å²) in [5, 5.41) is 14.8. The molecule has 0 aromatic carbocycles. The summed E-state index contributed by atoms with van der Waals surface area (Å²) in [6.45, 7) is 0. The fourth-order valence-electron chi connectivity index (χ4n) is 1.98. The molecular formula is C13H12N2O2S2. The summed E-state index contributed by atoms with van der Waals surface area (Å²) in [5.41, 5.74) is 3.25. The molecule has 0 unspecified atom stereocenters. The van der Waals surface area contributed by atoms with Gasteiger partial charge < -0.3 is 5.11 Å². The van der Waals surface area contributed by atoms with E-state index in [4.69, 9.17) is 5.11 Å². The Bertz CT molecular complexity index is 697. The fourth-order valence-corrected chi connectivity index (χ4v) is 3.54. The van der Waals surface area contributed by atoms with E-state index in [1.807, 2.05) is 11.6 Å². The lowest BCUT2D eigenvalue weighted by atomic mass is 10.2. The van der Waals surface area contributed by atoms with Crippen LogP contribution in [0.5, 0.6) is 0 Å². The van der Waals surface area contributed by atoms with E-state index < -0.39 is 5.97 Å². The van der Waals surface area contributed by atoms with Crippen molar-refractivity contribution in [3.05, 3.63) is 34.1 Å². The van der Waals surface area contributed by atoms with Crippen molar-refractivity contribution >= 4 is 33.6 Å². The van der Waals surface area contributed by atoms with E-state index in [0.717, 1.165) is 28.3 Å². The monoisotopic (exact) mass is 292 g/mol. The number of aromatic nitrogens is 2. The normalized spacial score (nSPS) is 11.2. The number of carboxylic acid groups (broad SMARTS) is 1. The van der Waals surface area contributed by atoms with E-state index in [9.17, 15) is 4.79 Å². The number of hydrogen-bond acceptors (Lipinski definition) is 4. The number of rotatable bonds is 5. The van der Waals surface area contributed by atoms with E-state index >= 15 is 0 Å². The van der Waals surface area contributed by atoms with Gasteiger partial charge in [0.25, 0.3) is 0 Å². The summed E-state index contributed by atoms with van der Waals surface area (Å²) in [4.78, 5) is 16.1. The van der Waals surface area contributed by atoms with E-state index in [0.29, 0.717) is 6.42 Å². The van der Waals surface area contributed by atoms with Gasteiger partial charge in [0.1, 0.15) is 0 Å². The van der Waals surface area contributed by atoms with E-state index in [2.05, 4.69) is 26.2 Å². The number of imidazole rings is 1. The van der Waals surface area contributed by atoms with Crippen molar-refractivity contribution in [2.75, 3.05) is 0 Å². The van der Waals surface area contributed by atoms with Gasteiger partial charge >= 0.3 is 5.97 Å². The Morgan fingerprint density at radius 2 is 2.32 bits per heavy atom. The summed E-state index contributed by atoms with van der Waals surface area (Å²) in [6.07, 6.45) is 3.67. The largest absolute Gasteiger partial charge is 0.481 e. The summed E-state index contributed by atoms with van der Waals surface area (Å²) in [6, 6.07) is 2.06. The average Bonchev–Trinajstić information content (AvgIpc) is 3.03. The van der Waals surface area contributed by atoms with Crippen molar-refractivity contribution < 1.29 is 9.90 Å². The van der Waals surface area contributed by atoms with Crippen LogP contribution in [0.3, 0.4) is 0 Å². The number of nitrogens with zero attached hydrogens (tertiary/aromatic N) is 2. The molecule has 0 bridgehead atoms. The SMILES string of the molecule is O=C(O)CCCc1csc2nc(-c3ccsc3)cn12. The number of fused-ring (bicyclic) bond motifs is 1. The van der Waals surface area contributed by atoms with Crippen LogP contribution in [0.25, 0.3) is 16.2 Å². The molecule has 0 aliphatic rings. The van der Waals surface area contributed by atoms with Gasteiger partial charge in [-0.15, -0.1) is 11.3 Å². The molecule has 0 atom stereocenters. The highest BCUT2D eigenvalue weighted by atomic mass is 32.1. The molecule has 3 rings (SSSR count). The van der Waals surface area contributed by atoms with Crippen LogP contribution in [0.15, 0.2) is 28.4 Å². The Hall–Kier alpha value is -1.66. The third-order valence-corrected chi connectivity index (χ3v) is 4.50. The number of thiazole rings is 1. The molecule has 0 aliphatic carbocycles. The Labute approximate surface area is 118 Å². The lowest BCUT2D eigenvalue weighted by molar-refractivity contribution is -0.137. The first kappa shape index (κ1) is 12.4. The van der Waals surface area contributed by atoms with Crippen molar-refractivity contribution in [2.24, 2.45) is 0 Å². The van der Waals surface area contributed by atoms with Crippen LogP contribution >= 0.6 is 22.7 Å². The first-order valence-corrected chi connectivity index (χ1v) is 7.76. The van der Waals surface area contributed by atoms with E-state index in [-0.39, 0.29) is 6.42 Å². The minimum atomic E-state index is -0.740. The van der Waals surface area contributed by atoms with Gasteiger partial charge in [-0.05, 0) is 24.3 Å². The molecule has 0 radical (unpaired) electrons. The minimum Gasteiger partial charge on any atom is -0.481 e. The second kappa shape index (κ2) is 5.14. The molecule has 1 N–H and O–H groups in total. The first-order chi connectivity index (χ1) is 9.24. The number of hydrogen-bond donors (Lipinski definition) is 1. The molecule has 0 aliphatic heterocycles. The third kappa shape index (κ3) is 2.54. The van der Waals surface area contributed by atoms with Crippen LogP contribution < -0.4 is 0 Å². The maximum Gasteiger partial charge on any atom is 0.303 e. The van der Waals surface area contributed by atoms with E-state index in [1.165, 1.54) is 0 Å². The number of aryl methyl sites for hydroxylation is 1. The molecule has 0 spiro atoms. The fraction of sp³-hybridized carbons (Fsp3) is 0.231. The maximum atomic E-state index is 10.5. The average molecular weight is 292 g/mol. The van der Waals surface area contributed by atoms with Gasteiger partial charge in [0, 0.05) is 34.6 Å². The van der Waals surface area contributed by atoms with Crippen molar-refractivity contribution in [2.45, 2.75) is 19.3 Å². The van der Waals surface area contributed by atoms with Gasteiger partial charge in [0.15, 0.2) is 4.96 Å². The van der Waals surface area contributed by atoms with E-state index in [1.54, 1.807) is 22.7 Å². The van der Waals surface area contributed by atoms with Gasteiger partial charge in [-0.1, -0.05) is 0 Å². The Morgan fingerprint density at radius 3 is 3.05 bits per heavy atom. The maximum absolute atomic E-state index is 10.5. The first-order valence-electron chi connectivity index (χ1n) is 5.94. The molecule has 3 heterocycles. The summed E-state index contributed by atoms with van der Waals surface area (Å²) < 4.78 is 2.07. The van der Waals surface area contributed by atoms with Crippen molar-refractivity contribution in [1.82, 2.24) is 9.38 Å². The summed E-state index contributed by atoms with van der Waals surface area (Å²) >= 11 is 3.26. The molecule has 4 nitrogen and oxygen atoms in total. The summed E-state index contributed by atoms with van der Waals surface area (Å²) in [7, 11) is 0. The van der Waals surface area contributed by atoms with Crippen LogP contribution in [0.1, 0.15) is 18.5 Å². The van der Waals surface area contributed by atoms with Gasteiger partial charge in [0.2, 0.25) is 0 Å². The number of carbonyl (C=O) groups is 1. The van der Waals surface area contributed by atoms with Crippen LogP contribution in [-0.2, 0) is 11.2 Å². The van der Waals surface area contributed by atoms with Crippen LogP contribution in [0.4, 0.5) is 0 Å². The van der Waals surface area contributed by atoms with Gasteiger partial charge in [-0.2, -0.15) is 11.3 Å². The number of carboxylic acids is 1. The Balaban J connectivity index is 1.84. The summed E-state index contributed by atoms with van der Waals surface area (Å²) in [5.74, 6) is -0.740. The Morgan fingerprint density at radius 1 is 1.42 bits per heavy atom. The molecular weight excluding hydrogens is 280 g/mol. The lowest BCUT2D eigenvalue weighted by Gasteiger charge is -1.97. The molecule has 19 heavy (non-hydrogen) atoms. The zero-order valence-corrected chi connectivity index (χ0v) is 11.7. The zero-order chi connectivity index (χ0) is 13.2. The van der Waals surface area contributed by atoms with Gasteiger partial charge in [0.05, 0.1) is 5.69 Å². The second-order valence-electron chi connectivity index (χ2n) is 4.27. The topological polar surface area (TPSA) is 54.6 Å². The molecule has 0 amide bonds.